The number of nitrogens with one attached hydrogen (secondary N) is 1. The Labute approximate surface area is 189 Å². The molecule has 1 N–H and O–H groups in total. The van der Waals surface area contributed by atoms with Crippen molar-refractivity contribution >= 4 is 29.2 Å². The first kappa shape index (κ1) is 23.7. The number of likely N-dealkylation sites (tertiary alicyclic amines) is 1. The second kappa shape index (κ2) is 9.69. The third-order valence-corrected chi connectivity index (χ3v) is 7.63. The monoisotopic (exact) mass is 448 g/mol. The van der Waals surface area contributed by atoms with Crippen LogP contribution in [0.15, 0.2) is 11.4 Å². The number of imide groups is 1. The molecule has 0 bridgehead atoms. The van der Waals surface area contributed by atoms with Crippen LogP contribution in [0.25, 0.3) is 0 Å². The van der Waals surface area contributed by atoms with E-state index >= 15 is 0 Å². The largest absolute Gasteiger partial charge is 0.338 e. The van der Waals surface area contributed by atoms with Crippen LogP contribution >= 0.6 is 11.3 Å². The molecule has 2 saturated heterocycles. The van der Waals surface area contributed by atoms with Crippen LogP contribution in [-0.4, -0.2) is 78.4 Å². The van der Waals surface area contributed by atoms with E-state index in [1.807, 2.05) is 42.3 Å². The lowest BCUT2D eigenvalue weighted by molar-refractivity contribution is -0.134. The Morgan fingerprint density at radius 2 is 1.97 bits per heavy atom. The third-order valence-electron chi connectivity index (χ3n) is 6.62. The lowest BCUT2D eigenvalue weighted by atomic mass is 9.74. The van der Waals surface area contributed by atoms with E-state index in [2.05, 4.69) is 19.2 Å². The summed E-state index contributed by atoms with van der Waals surface area (Å²) < 4.78 is 0. The molecule has 1 aromatic rings. The summed E-state index contributed by atoms with van der Waals surface area (Å²) in [6, 6.07) is 1.70. The molecule has 0 spiro atoms. The fraction of sp³-hybridized carbons (Fsp3) is 0.696. The van der Waals surface area contributed by atoms with Crippen LogP contribution in [0.3, 0.4) is 0 Å². The molecule has 0 radical (unpaired) electrons. The van der Waals surface area contributed by atoms with Crippen LogP contribution in [0, 0.1) is 18.8 Å². The lowest BCUT2D eigenvalue weighted by Gasteiger charge is -2.41. The molecule has 8 heteroatoms. The van der Waals surface area contributed by atoms with Crippen molar-refractivity contribution in [2.75, 3.05) is 40.3 Å². The van der Waals surface area contributed by atoms with Gasteiger partial charge in [-0.05, 0) is 75.5 Å². The molecule has 1 aromatic heterocycles. The molecule has 172 valence electrons. The first-order valence-electron chi connectivity index (χ1n) is 11.3. The van der Waals surface area contributed by atoms with Gasteiger partial charge in [0.15, 0.2) is 0 Å². The topological polar surface area (TPSA) is 73.0 Å². The molecule has 0 aromatic carbocycles. The number of aryl methyl sites for hydroxylation is 1. The summed E-state index contributed by atoms with van der Waals surface area (Å²) in [4.78, 5) is 45.3. The van der Waals surface area contributed by atoms with E-state index in [4.69, 9.17) is 0 Å². The third kappa shape index (κ3) is 4.95. The van der Waals surface area contributed by atoms with Crippen molar-refractivity contribution < 1.29 is 14.4 Å². The second-order valence-electron chi connectivity index (χ2n) is 9.59. The number of carbonyl (C=O) groups excluding carboxylic acids is 3. The minimum atomic E-state index is -0.846. The van der Waals surface area contributed by atoms with Crippen LogP contribution in [0.2, 0.25) is 0 Å². The number of rotatable bonds is 8. The van der Waals surface area contributed by atoms with Crippen LogP contribution in [-0.2, 0) is 4.79 Å². The van der Waals surface area contributed by atoms with Gasteiger partial charge in [0, 0.05) is 26.2 Å². The molecule has 2 aliphatic rings. The number of thiophene rings is 1. The fourth-order valence-corrected chi connectivity index (χ4v) is 5.52. The Balaban J connectivity index is 1.74. The van der Waals surface area contributed by atoms with Crippen molar-refractivity contribution in [3.63, 3.8) is 0 Å². The highest BCUT2D eigenvalue weighted by Crippen LogP contribution is 2.38. The SMILES string of the molecule is Cc1ccsc1C(=O)N1CCC(C2(CCC(C)C)NC(=O)N(CCN(C)C)C2=O)CC1. The van der Waals surface area contributed by atoms with Gasteiger partial charge in [-0.15, -0.1) is 11.3 Å². The number of urea groups is 1. The van der Waals surface area contributed by atoms with Gasteiger partial charge in [0.2, 0.25) is 0 Å². The van der Waals surface area contributed by atoms with Crippen LogP contribution in [0.1, 0.15) is 54.8 Å². The smallest absolute Gasteiger partial charge is 0.325 e. The highest BCUT2D eigenvalue weighted by molar-refractivity contribution is 7.12. The summed E-state index contributed by atoms with van der Waals surface area (Å²) in [7, 11) is 3.87. The fourth-order valence-electron chi connectivity index (χ4n) is 4.63. The maximum Gasteiger partial charge on any atom is 0.325 e. The number of carbonyl (C=O) groups is 3. The maximum absolute atomic E-state index is 13.6. The molecular weight excluding hydrogens is 412 g/mol. The Morgan fingerprint density at radius 3 is 2.52 bits per heavy atom. The molecule has 3 rings (SSSR count). The van der Waals surface area contributed by atoms with Gasteiger partial charge in [-0.3, -0.25) is 14.5 Å². The zero-order chi connectivity index (χ0) is 22.8. The molecule has 31 heavy (non-hydrogen) atoms. The molecule has 0 aliphatic carbocycles. The zero-order valence-electron chi connectivity index (χ0n) is 19.4. The zero-order valence-corrected chi connectivity index (χ0v) is 20.3. The van der Waals surface area contributed by atoms with Gasteiger partial charge in [-0.25, -0.2) is 4.79 Å². The minimum Gasteiger partial charge on any atom is -0.338 e. The molecule has 4 amide bonds. The van der Waals surface area contributed by atoms with Gasteiger partial charge in [0.05, 0.1) is 4.88 Å². The average molecular weight is 449 g/mol. The van der Waals surface area contributed by atoms with Crippen LogP contribution in [0.5, 0.6) is 0 Å². The highest BCUT2D eigenvalue weighted by atomic mass is 32.1. The molecule has 2 aliphatic heterocycles. The Hall–Kier alpha value is -1.93. The van der Waals surface area contributed by atoms with Crippen molar-refractivity contribution in [1.82, 2.24) is 20.0 Å². The van der Waals surface area contributed by atoms with Gasteiger partial charge < -0.3 is 15.1 Å². The average Bonchev–Trinajstić information content (AvgIpc) is 3.25. The first-order chi connectivity index (χ1) is 14.7. The summed E-state index contributed by atoms with van der Waals surface area (Å²) in [5, 5.41) is 5.06. The van der Waals surface area contributed by atoms with Gasteiger partial charge in [-0.2, -0.15) is 0 Å². The Bertz CT molecular complexity index is 813. The van der Waals surface area contributed by atoms with E-state index in [1.165, 1.54) is 16.2 Å². The molecule has 1 atom stereocenters. The molecule has 0 saturated carbocycles. The maximum atomic E-state index is 13.6. The Morgan fingerprint density at radius 1 is 1.29 bits per heavy atom. The molecular formula is C23H36N4O3S. The van der Waals surface area contributed by atoms with Crippen molar-refractivity contribution in [2.45, 2.75) is 52.0 Å². The predicted octanol–water partition coefficient (Wildman–Crippen LogP) is 3.20. The van der Waals surface area contributed by atoms with Crippen LogP contribution in [0.4, 0.5) is 4.79 Å². The van der Waals surface area contributed by atoms with E-state index in [-0.39, 0.29) is 23.8 Å². The van der Waals surface area contributed by atoms with E-state index in [0.717, 1.165) is 29.7 Å². The van der Waals surface area contributed by atoms with E-state index < -0.39 is 5.54 Å². The molecule has 1 unspecified atom stereocenters. The van der Waals surface area contributed by atoms with Gasteiger partial charge in [-0.1, -0.05) is 13.8 Å². The van der Waals surface area contributed by atoms with Gasteiger partial charge in [0.1, 0.15) is 5.54 Å². The first-order valence-corrected chi connectivity index (χ1v) is 12.2. The molecule has 7 nitrogen and oxygen atoms in total. The summed E-state index contributed by atoms with van der Waals surface area (Å²) >= 11 is 1.48. The summed E-state index contributed by atoms with van der Waals surface area (Å²) in [6.07, 6.45) is 2.97. The summed E-state index contributed by atoms with van der Waals surface area (Å²) in [5.74, 6) is 0.483. The quantitative estimate of drug-likeness (QED) is 0.620. The van der Waals surface area contributed by atoms with Gasteiger partial charge >= 0.3 is 6.03 Å². The van der Waals surface area contributed by atoms with E-state index in [1.54, 1.807) is 0 Å². The number of amides is 4. The van der Waals surface area contributed by atoms with Crippen LogP contribution < -0.4 is 5.32 Å². The standard InChI is InChI=1S/C23H36N4O3S/c1-16(2)6-10-23(21(29)27(22(30)24-23)14-13-25(4)5)18-7-11-26(12-8-18)20(28)19-17(3)9-15-31-19/h9,15-16,18H,6-8,10-14H2,1-5H3,(H,24,30). The summed E-state index contributed by atoms with van der Waals surface area (Å²) in [6.45, 7) is 8.53. The number of nitrogens with zero attached hydrogens (tertiary/aromatic N) is 3. The van der Waals surface area contributed by atoms with Crippen molar-refractivity contribution in [1.29, 1.82) is 0 Å². The van der Waals surface area contributed by atoms with E-state index in [0.29, 0.717) is 38.5 Å². The lowest BCUT2D eigenvalue weighted by Crippen LogP contribution is -2.56. The molecule has 3 heterocycles. The number of likely N-dealkylation sites (N-methyl/N-ethyl adjacent to an activating group) is 1. The molecule has 2 fully saturated rings. The highest BCUT2D eigenvalue weighted by Gasteiger charge is 2.55. The van der Waals surface area contributed by atoms with Gasteiger partial charge in [0.25, 0.3) is 11.8 Å². The minimum absolute atomic E-state index is 0.0422. The van der Waals surface area contributed by atoms with E-state index in [9.17, 15) is 14.4 Å². The number of hydrogen-bond donors (Lipinski definition) is 1. The predicted molar refractivity (Wildman–Crippen MR) is 123 cm³/mol. The van der Waals surface area contributed by atoms with Crippen molar-refractivity contribution in [3.8, 4) is 0 Å². The number of hydrogen-bond acceptors (Lipinski definition) is 5. The summed E-state index contributed by atoms with van der Waals surface area (Å²) in [5.41, 5.74) is 0.169. The Kier molecular flexibility index (Phi) is 7.42. The normalized spacial score (nSPS) is 22.7. The second-order valence-corrected chi connectivity index (χ2v) is 10.5. The van der Waals surface area contributed by atoms with Crippen molar-refractivity contribution in [2.24, 2.45) is 11.8 Å². The number of piperidine rings is 1. The van der Waals surface area contributed by atoms with Crippen molar-refractivity contribution in [3.05, 3.63) is 21.9 Å².